The molecule has 0 aliphatic carbocycles. The molecule has 1 aromatic rings. The van der Waals surface area contributed by atoms with Gasteiger partial charge in [0.25, 0.3) is 11.6 Å². The zero-order valence-corrected chi connectivity index (χ0v) is 9.49. The maximum absolute atomic E-state index is 11.6. The van der Waals surface area contributed by atoms with Crippen LogP contribution in [0.2, 0.25) is 5.02 Å². The molecule has 1 amide bonds. The second kappa shape index (κ2) is 4.91. The van der Waals surface area contributed by atoms with Crippen LogP contribution in [0.1, 0.15) is 10.4 Å². The van der Waals surface area contributed by atoms with Gasteiger partial charge < -0.3 is 0 Å². The summed E-state index contributed by atoms with van der Waals surface area (Å²) < 4.78 is 0. The fraction of sp³-hybridized carbons (Fsp3) is 0.222. The van der Waals surface area contributed by atoms with Crippen molar-refractivity contribution in [1.82, 2.24) is 10.4 Å². The predicted molar refractivity (Wildman–Crippen MR) is 59.3 cm³/mol. The van der Waals surface area contributed by atoms with E-state index in [0.29, 0.717) is 0 Å². The molecular formula is C9H10ClN3O3. The number of nitrogens with zero attached hydrogens (tertiary/aromatic N) is 2. The van der Waals surface area contributed by atoms with Crippen LogP contribution >= 0.6 is 11.6 Å². The van der Waals surface area contributed by atoms with Crippen LogP contribution in [0, 0.1) is 10.1 Å². The molecule has 7 heteroatoms. The van der Waals surface area contributed by atoms with E-state index in [0.717, 1.165) is 0 Å². The number of nitrogens with one attached hydrogen (secondary N) is 1. The molecule has 0 spiro atoms. The summed E-state index contributed by atoms with van der Waals surface area (Å²) in [6.07, 6.45) is 0. The largest absolute Gasteiger partial charge is 0.285 e. The highest BCUT2D eigenvalue weighted by Crippen LogP contribution is 2.22. The van der Waals surface area contributed by atoms with Crippen molar-refractivity contribution in [1.29, 1.82) is 0 Å². The quantitative estimate of drug-likeness (QED) is 0.644. The van der Waals surface area contributed by atoms with E-state index in [9.17, 15) is 14.9 Å². The van der Waals surface area contributed by atoms with Crippen LogP contribution in [-0.4, -0.2) is 29.9 Å². The standard InChI is InChI=1S/C9H10ClN3O3/c1-12(2)11-9(14)7-5-6(10)3-4-8(7)13(15)16/h3-5H,1-2H3,(H,11,14). The SMILES string of the molecule is CN(C)NC(=O)c1cc(Cl)ccc1[N+](=O)[O-]. The van der Waals surface area contributed by atoms with E-state index in [2.05, 4.69) is 5.43 Å². The molecule has 1 aromatic carbocycles. The first kappa shape index (κ1) is 12.4. The molecule has 0 unspecified atom stereocenters. The second-order valence-corrected chi connectivity index (χ2v) is 3.69. The first-order valence-corrected chi connectivity index (χ1v) is 4.72. The summed E-state index contributed by atoms with van der Waals surface area (Å²) in [5.41, 5.74) is 2.07. The van der Waals surface area contributed by atoms with Crippen molar-refractivity contribution < 1.29 is 9.72 Å². The number of rotatable bonds is 3. The third-order valence-electron chi connectivity index (χ3n) is 1.73. The molecule has 6 nitrogen and oxygen atoms in total. The van der Waals surface area contributed by atoms with Crippen LogP contribution in [0.3, 0.4) is 0 Å². The van der Waals surface area contributed by atoms with Gasteiger partial charge in [-0.15, -0.1) is 0 Å². The van der Waals surface area contributed by atoms with Gasteiger partial charge in [0.05, 0.1) is 4.92 Å². The predicted octanol–water partition coefficient (Wildman–Crippen LogP) is 1.45. The Hall–Kier alpha value is -1.66. The Morgan fingerprint density at radius 1 is 1.50 bits per heavy atom. The zero-order valence-electron chi connectivity index (χ0n) is 8.73. The Morgan fingerprint density at radius 2 is 2.12 bits per heavy atom. The van der Waals surface area contributed by atoms with Crippen molar-refractivity contribution in [2.24, 2.45) is 0 Å². The fourth-order valence-electron chi connectivity index (χ4n) is 1.11. The van der Waals surface area contributed by atoms with Gasteiger partial charge in [0, 0.05) is 25.2 Å². The Kier molecular flexibility index (Phi) is 3.81. The Bertz CT molecular complexity index is 434. The van der Waals surface area contributed by atoms with Crippen LogP contribution in [0.5, 0.6) is 0 Å². The molecular weight excluding hydrogens is 234 g/mol. The highest BCUT2D eigenvalue weighted by molar-refractivity contribution is 6.31. The Morgan fingerprint density at radius 3 is 2.62 bits per heavy atom. The smallest absolute Gasteiger partial charge is 0.282 e. The van der Waals surface area contributed by atoms with Crippen molar-refractivity contribution in [2.45, 2.75) is 0 Å². The molecule has 0 fully saturated rings. The molecule has 0 bridgehead atoms. The van der Waals surface area contributed by atoms with Gasteiger partial charge in [-0.3, -0.25) is 20.3 Å². The minimum Gasteiger partial charge on any atom is -0.285 e. The third kappa shape index (κ3) is 2.91. The number of nitro groups is 1. The third-order valence-corrected chi connectivity index (χ3v) is 1.96. The summed E-state index contributed by atoms with van der Waals surface area (Å²) in [5, 5.41) is 12.4. The maximum Gasteiger partial charge on any atom is 0.282 e. The molecule has 0 radical (unpaired) electrons. The highest BCUT2D eigenvalue weighted by Gasteiger charge is 2.20. The molecule has 0 aromatic heterocycles. The van der Waals surface area contributed by atoms with Crippen LogP contribution in [0.4, 0.5) is 5.69 Å². The first-order valence-electron chi connectivity index (χ1n) is 4.34. The van der Waals surface area contributed by atoms with Gasteiger partial charge in [-0.1, -0.05) is 11.6 Å². The second-order valence-electron chi connectivity index (χ2n) is 3.25. The van der Waals surface area contributed by atoms with Crippen LogP contribution < -0.4 is 5.43 Å². The number of carbonyl (C=O) groups is 1. The van der Waals surface area contributed by atoms with E-state index in [1.807, 2.05) is 0 Å². The summed E-state index contributed by atoms with van der Waals surface area (Å²) in [5.74, 6) is -0.570. The van der Waals surface area contributed by atoms with Crippen molar-refractivity contribution in [3.8, 4) is 0 Å². The number of hydrogen-bond acceptors (Lipinski definition) is 4. The Labute approximate surface area is 96.9 Å². The number of hydrazine groups is 1. The van der Waals surface area contributed by atoms with E-state index in [4.69, 9.17) is 11.6 Å². The van der Waals surface area contributed by atoms with Crippen LogP contribution in [0.25, 0.3) is 0 Å². The van der Waals surface area contributed by atoms with E-state index in [1.165, 1.54) is 23.2 Å². The average molecular weight is 244 g/mol. The van der Waals surface area contributed by atoms with Gasteiger partial charge in [-0.2, -0.15) is 0 Å². The zero-order chi connectivity index (χ0) is 12.3. The average Bonchev–Trinajstić information content (AvgIpc) is 2.15. The van der Waals surface area contributed by atoms with E-state index < -0.39 is 10.8 Å². The van der Waals surface area contributed by atoms with Crippen molar-refractivity contribution in [3.63, 3.8) is 0 Å². The molecule has 1 rings (SSSR count). The summed E-state index contributed by atoms with van der Waals surface area (Å²) in [7, 11) is 3.21. The Balaban J connectivity index is 3.14. The van der Waals surface area contributed by atoms with Crippen molar-refractivity contribution in [2.75, 3.05) is 14.1 Å². The summed E-state index contributed by atoms with van der Waals surface area (Å²) in [6.45, 7) is 0. The monoisotopic (exact) mass is 243 g/mol. The number of carbonyl (C=O) groups excluding carboxylic acids is 1. The van der Waals surface area contributed by atoms with Crippen molar-refractivity contribution in [3.05, 3.63) is 38.9 Å². The molecule has 0 heterocycles. The number of hydrogen-bond donors (Lipinski definition) is 1. The molecule has 86 valence electrons. The van der Waals surface area contributed by atoms with Gasteiger partial charge in [0.15, 0.2) is 0 Å². The number of halogens is 1. The lowest BCUT2D eigenvalue weighted by molar-refractivity contribution is -0.385. The van der Waals surface area contributed by atoms with Gasteiger partial charge in [0.2, 0.25) is 0 Å². The van der Waals surface area contributed by atoms with Gasteiger partial charge >= 0.3 is 0 Å². The van der Waals surface area contributed by atoms with E-state index >= 15 is 0 Å². The van der Waals surface area contributed by atoms with Gasteiger partial charge in [-0.05, 0) is 12.1 Å². The van der Waals surface area contributed by atoms with E-state index in [-0.39, 0.29) is 16.3 Å². The van der Waals surface area contributed by atoms with Crippen molar-refractivity contribution >= 4 is 23.2 Å². The minimum atomic E-state index is -0.624. The molecule has 0 saturated heterocycles. The van der Waals surface area contributed by atoms with Crippen LogP contribution in [0.15, 0.2) is 18.2 Å². The highest BCUT2D eigenvalue weighted by atomic mass is 35.5. The van der Waals surface area contributed by atoms with Gasteiger partial charge in [-0.25, -0.2) is 5.01 Å². The number of benzene rings is 1. The molecule has 1 N–H and O–H groups in total. The lowest BCUT2D eigenvalue weighted by Crippen LogP contribution is -2.36. The van der Waals surface area contributed by atoms with Crippen LogP contribution in [-0.2, 0) is 0 Å². The molecule has 0 aliphatic rings. The summed E-state index contributed by atoms with van der Waals surface area (Å²) in [4.78, 5) is 21.7. The number of amides is 1. The lowest BCUT2D eigenvalue weighted by Gasteiger charge is -2.11. The molecule has 0 saturated carbocycles. The number of nitro benzene ring substituents is 1. The minimum absolute atomic E-state index is 0.0637. The van der Waals surface area contributed by atoms with E-state index in [1.54, 1.807) is 14.1 Å². The first-order chi connectivity index (χ1) is 7.41. The van der Waals surface area contributed by atoms with Gasteiger partial charge in [0.1, 0.15) is 5.56 Å². The molecule has 0 aliphatic heterocycles. The topological polar surface area (TPSA) is 75.5 Å². The molecule has 16 heavy (non-hydrogen) atoms. The maximum atomic E-state index is 11.6. The fourth-order valence-corrected chi connectivity index (χ4v) is 1.28. The normalized spacial score (nSPS) is 10.2. The summed E-state index contributed by atoms with van der Waals surface area (Å²) >= 11 is 5.69. The summed E-state index contributed by atoms with van der Waals surface area (Å²) in [6, 6.07) is 3.83. The lowest BCUT2D eigenvalue weighted by atomic mass is 10.1. The molecule has 0 atom stereocenters.